The van der Waals surface area contributed by atoms with Crippen molar-refractivity contribution in [2.24, 2.45) is 0 Å². The van der Waals surface area contributed by atoms with Crippen molar-refractivity contribution in [3.05, 3.63) is 108 Å². The number of ether oxygens (including phenoxy) is 2. The Bertz CT molecular complexity index is 1190. The van der Waals surface area contributed by atoms with E-state index < -0.39 is 7.75 Å². The third-order valence-electron chi connectivity index (χ3n) is 4.62. The summed E-state index contributed by atoms with van der Waals surface area (Å²) in [6.07, 6.45) is 3.34. The fraction of sp³-hybridized carbons (Fsp3) is 0.115. The highest BCUT2D eigenvalue weighted by molar-refractivity contribution is 7.47. The number of hydrogen-bond donors (Lipinski definition) is 0. The van der Waals surface area contributed by atoms with Crippen LogP contribution in [0.15, 0.2) is 97.3 Å². The summed E-state index contributed by atoms with van der Waals surface area (Å²) < 4.78 is 36.9. The van der Waals surface area contributed by atoms with E-state index in [1.165, 1.54) is 16.5 Å². The summed E-state index contributed by atoms with van der Waals surface area (Å²) in [6, 6.07) is 23.4. The predicted octanol–water partition coefficient (Wildman–Crippen LogP) is 5.83. The zero-order chi connectivity index (χ0) is 25.3. The SMILES string of the molecule is COc1ccc(OP(=O)(Oc2ccc(OC)cc2)[n+]2ccc(C)cc2)cc1.[O-]c1cccc(Cl)c1. The van der Waals surface area contributed by atoms with Crippen molar-refractivity contribution in [3.63, 3.8) is 0 Å². The van der Waals surface area contributed by atoms with E-state index in [9.17, 15) is 9.67 Å². The maximum atomic E-state index is 13.6. The molecule has 0 aliphatic carbocycles. The molecule has 0 amide bonds. The van der Waals surface area contributed by atoms with Gasteiger partial charge in [-0.3, -0.25) is 0 Å². The summed E-state index contributed by atoms with van der Waals surface area (Å²) in [4.78, 5) is 0. The number of methoxy groups -OCH3 is 2. The molecule has 4 aromatic rings. The van der Waals surface area contributed by atoms with E-state index in [0.29, 0.717) is 28.0 Å². The summed E-state index contributed by atoms with van der Waals surface area (Å²) in [5.74, 6) is 2.12. The van der Waals surface area contributed by atoms with Crippen molar-refractivity contribution < 1.29 is 32.5 Å². The molecule has 0 bridgehead atoms. The van der Waals surface area contributed by atoms with Gasteiger partial charge in [-0.25, -0.2) is 0 Å². The van der Waals surface area contributed by atoms with E-state index in [4.69, 9.17) is 30.1 Å². The van der Waals surface area contributed by atoms with Crippen LogP contribution >= 0.6 is 19.3 Å². The van der Waals surface area contributed by atoms with E-state index in [0.717, 1.165) is 5.56 Å². The van der Waals surface area contributed by atoms with Gasteiger partial charge in [0.05, 0.1) is 14.2 Å². The largest absolute Gasteiger partial charge is 0.872 e. The highest BCUT2D eigenvalue weighted by atomic mass is 35.5. The molecule has 0 radical (unpaired) electrons. The second kappa shape index (κ2) is 12.2. The fourth-order valence-corrected chi connectivity index (χ4v) is 4.42. The minimum atomic E-state index is -3.75. The van der Waals surface area contributed by atoms with Gasteiger partial charge in [0, 0.05) is 17.2 Å². The van der Waals surface area contributed by atoms with Gasteiger partial charge in [-0.15, -0.1) is 5.75 Å². The van der Waals surface area contributed by atoms with E-state index in [2.05, 4.69) is 0 Å². The standard InChI is InChI=1S/C20H21NO5P.C6H5ClO/c1-16-12-14-21(15-13-16)27(22,25-19-8-4-17(23-2)5-9-19)26-20-10-6-18(24-3)7-11-20;7-5-2-1-3-6(8)4-5/h4-15H,1-3H3;1-4,8H/q+1;/p-1. The van der Waals surface area contributed by atoms with Gasteiger partial charge in [0.15, 0.2) is 12.4 Å². The molecule has 4 rings (SSSR count). The Morgan fingerprint density at radius 1 is 0.743 bits per heavy atom. The molecule has 182 valence electrons. The number of aromatic nitrogens is 1. The second-order valence-corrected chi connectivity index (χ2v) is 9.42. The first-order chi connectivity index (χ1) is 16.8. The van der Waals surface area contributed by atoms with Gasteiger partial charge in [-0.05, 0) is 67.1 Å². The molecule has 0 atom stereocenters. The molecular weight excluding hydrogens is 489 g/mol. The zero-order valence-electron chi connectivity index (χ0n) is 19.5. The molecule has 1 heterocycles. The van der Waals surface area contributed by atoms with Gasteiger partial charge >= 0.3 is 7.75 Å². The quantitative estimate of drug-likeness (QED) is 0.289. The van der Waals surface area contributed by atoms with Crippen LogP contribution in [0, 0.1) is 6.92 Å². The van der Waals surface area contributed by atoms with Crippen LogP contribution in [-0.2, 0) is 4.57 Å². The molecular formula is C26H25ClNO6P. The molecule has 0 fully saturated rings. The Balaban J connectivity index is 0.000000363. The van der Waals surface area contributed by atoms with Crippen molar-refractivity contribution in [2.75, 3.05) is 14.2 Å². The Morgan fingerprint density at radius 2 is 1.20 bits per heavy atom. The first kappa shape index (κ1) is 25.9. The molecule has 0 spiro atoms. The van der Waals surface area contributed by atoms with Crippen LogP contribution in [0.1, 0.15) is 5.56 Å². The summed E-state index contributed by atoms with van der Waals surface area (Å²) in [6.45, 7) is 1.95. The van der Waals surface area contributed by atoms with Crippen molar-refractivity contribution >= 4 is 19.3 Å². The number of nitrogens with zero attached hydrogens (tertiary/aromatic N) is 1. The molecule has 0 aliphatic rings. The second-order valence-electron chi connectivity index (χ2n) is 7.22. The van der Waals surface area contributed by atoms with E-state index in [-0.39, 0.29) is 5.75 Å². The third kappa shape index (κ3) is 7.67. The Hall–Kier alpha value is -3.67. The van der Waals surface area contributed by atoms with Crippen LogP contribution in [0.25, 0.3) is 0 Å². The first-order valence-electron chi connectivity index (χ1n) is 10.5. The fourth-order valence-electron chi connectivity index (χ4n) is 2.78. The summed E-state index contributed by atoms with van der Waals surface area (Å²) >= 11 is 5.44. The predicted molar refractivity (Wildman–Crippen MR) is 133 cm³/mol. The highest BCUT2D eigenvalue weighted by Crippen LogP contribution is 2.44. The Labute approximate surface area is 209 Å². The van der Waals surface area contributed by atoms with Gasteiger partial charge in [-0.2, -0.15) is 4.57 Å². The molecule has 3 aromatic carbocycles. The summed E-state index contributed by atoms with van der Waals surface area (Å²) in [5, 5.41) is 10.9. The number of hydrogen-bond acceptors (Lipinski definition) is 6. The zero-order valence-corrected chi connectivity index (χ0v) is 21.1. The lowest BCUT2D eigenvalue weighted by Crippen LogP contribution is -2.35. The van der Waals surface area contributed by atoms with Crippen LogP contribution in [0.2, 0.25) is 5.02 Å². The Kier molecular flexibility index (Phi) is 9.01. The van der Waals surface area contributed by atoms with Gasteiger partial charge in [-0.1, -0.05) is 34.1 Å². The monoisotopic (exact) mass is 513 g/mol. The lowest BCUT2D eigenvalue weighted by Gasteiger charge is -2.14. The average Bonchev–Trinajstić information content (AvgIpc) is 2.85. The van der Waals surface area contributed by atoms with Gasteiger partial charge in [0.2, 0.25) is 0 Å². The first-order valence-corrected chi connectivity index (χ1v) is 12.4. The molecule has 0 saturated heterocycles. The topological polar surface area (TPSA) is 80.9 Å². The van der Waals surface area contributed by atoms with E-state index >= 15 is 0 Å². The average molecular weight is 514 g/mol. The van der Waals surface area contributed by atoms with Crippen molar-refractivity contribution in [2.45, 2.75) is 6.92 Å². The van der Waals surface area contributed by atoms with Crippen LogP contribution in [-0.4, -0.2) is 14.2 Å². The highest BCUT2D eigenvalue weighted by Gasteiger charge is 2.42. The van der Waals surface area contributed by atoms with Crippen LogP contribution in [0.3, 0.4) is 0 Å². The number of benzene rings is 3. The van der Waals surface area contributed by atoms with Gasteiger partial charge in [0.25, 0.3) is 0 Å². The molecule has 0 aliphatic heterocycles. The lowest BCUT2D eigenvalue weighted by molar-refractivity contribution is -0.536. The number of aryl methyl sites for hydroxylation is 1. The molecule has 35 heavy (non-hydrogen) atoms. The van der Waals surface area contributed by atoms with Crippen molar-refractivity contribution in [1.29, 1.82) is 0 Å². The van der Waals surface area contributed by atoms with Gasteiger partial charge in [0.1, 0.15) is 23.0 Å². The third-order valence-corrected chi connectivity index (χ3v) is 6.57. The number of halogens is 1. The molecule has 0 unspecified atom stereocenters. The maximum absolute atomic E-state index is 13.6. The van der Waals surface area contributed by atoms with E-state index in [1.54, 1.807) is 87.3 Å². The van der Waals surface area contributed by atoms with Crippen molar-refractivity contribution in [3.8, 4) is 28.7 Å². The smallest absolute Gasteiger partial charge is 0.728 e. The van der Waals surface area contributed by atoms with Crippen LogP contribution in [0.5, 0.6) is 28.7 Å². The molecule has 0 saturated carbocycles. The minimum Gasteiger partial charge on any atom is -0.872 e. The maximum Gasteiger partial charge on any atom is 0.728 e. The minimum absolute atomic E-state index is 0.0440. The van der Waals surface area contributed by atoms with Crippen molar-refractivity contribution in [1.82, 2.24) is 0 Å². The lowest BCUT2D eigenvalue weighted by atomic mass is 10.3. The summed E-state index contributed by atoms with van der Waals surface area (Å²) in [7, 11) is -0.589. The normalized spacial score (nSPS) is 10.5. The van der Waals surface area contributed by atoms with Crippen LogP contribution < -0.4 is 28.0 Å². The van der Waals surface area contributed by atoms with Gasteiger partial charge < -0.3 is 23.6 Å². The van der Waals surface area contributed by atoms with Crippen LogP contribution in [0.4, 0.5) is 0 Å². The number of pyridine rings is 1. The molecule has 1 aromatic heterocycles. The summed E-state index contributed by atoms with van der Waals surface area (Å²) in [5.41, 5.74) is 1.03. The molecule has 9 heteroatoms. The Morgan fingerprint density at radius 3 is 1.57 bits per heavy atom. The number of rotatable bonds is 7. The molecule has 0 N–H and O–H groups in total. The molecule has 7 nitrogen and oxygen atoms in total. The van der Waals surface area contributed by atoms with E-state index in [1.807, 2.05) is 19.1 Å².